The monoisotopic (exact) mass is 297 g/mol. The average Bonchev–Trinajstić information content (AvgIpc) is 2.83. The van der Waals surface area contributed by atoms with Crippen molar-refractivity contribution in [2.45, 2.75) is 14.4 Å². The zero-order chi connectivity index (χ0) is 12.8. The van der Waals surface area contributed by atoms with Crippen LogP contribution in [0.2, 0.25) is 0 Å². The summed E-state index contributed by atoms with van der Waals surface area (Å²) < 4.78 is 1.69. The summed E-state index contributed by atoms with van der Waals surface area (Å²) in [6, 6.07) is 10.2. The highest BCUT2D eigenvalue weighted by Gasteiger charge is 2.06. The number of amides is 1. The number of aromatic nitrogens is 2. The predicted octanol–water partition coefficient (Wildman–Crippen LogP) is 2.41. The summed E-state index contributed by atoms with van der Waals surface area (Å²) in [7, 11) is 0. The van der Waals surface area contributed by atoms with Crippen LogP contribution in [0.25, 0.3) is 0 Å². The second kappa shape index (κ2) is 6.77. The van der Waals surface area contributed by atoms with Crippen molar-refractivity contribution in [2.24, 2.45) is 5.73 Å². The number of carbonyl (C=O) groups excluding carboxylic acids is 1. The maximum Gasteiger partial charge on any atom is 0.227 e. The number of nitrogens with two attached hydrogens (primary N) is 1. The molecule has 0 saturated carbocycles. The number of thioether (sulfide) groups is 2. The lowest BCUT2D eigenvalue weighted by molar-refractivity contribution is -0.115. The van der Waals surface area contributed by atoms with E-state index in [-0.39, 0.29) is 11.7 Å². The van der Waals surface area contributed by atoms with Gasteiger partial charge in [-0.1, -0.05) is 65.2 Å². The van der Waals surface area contributed by atoms with Crippen molar-refractivity contribution in [3.8, 4) is 0 Å². The molecule has 1 amide bonds. The molecular weight excluding hydrogens is 286 g/mol. The molecule has 18 heavy (non-hydrogen) atoms. The lowest BCUT2D eigenvalue weighted by Gasteiger charge is -1.96. The SMILES string of the molecule is NC(=O)CSc1nnc(SCc2ccccc2)s1. The Labute approximate surface area is 117 Å². The first-order valence-electron chi connectivity index (χ1n) is 5.15. The third-order valence-electron chi connectivity index (χ3n) is 1.93. The van der Waals surface area contributed by atoms with Crippen molar-refractivity contribution in [3.63, 3.8) is 0 Å². The molecule has 0 atom stereocenters. The van der Waals surface area contributed by atoms with Gasteiger partial charge in [-0.2, -0.15) is 0 Å². The van der Waals surface area contributed by atoms with Gasteiger partial charge in [-0.25, -0.2) is 0 Å². The summed E-state index contributed by atoms with van der Waals surface area (Å²) in [5.41, 5.74) is 6.33. The second-order valence-corrected chi connectivity index (χ2v) is 6.79. The number of primary amides is 1. The Hall–Kier alpha value is -1.05. The van der Waals surface area contributed by atoms with Crippen molar-refractivity contribution in [1.82, 2.24) is 10.2 Å². The minimum absolute atomic E-state index is 0.248. The van der Waals surface area contributed by atoms with Crippen LogP contribution in [0, 0.1) is 0 Å². The number of carbonyl (C=O) groups is 1. The molecule has 4 nitrogen and oxygen atoms in total. The van der Waals surface area contributed by atoms with Gasteiger partial charge < -0.3 is 5.73 Å². The van der Waals surface area contributed by atoms with E-state index < -0.39 is 0 Å². The molecule has 2 rings (SSSR count). The maximum absolute atomic E-state index is 10.6. The van der Waals surface area contributed by atoms with Gasteiger partial charge in [-0.05, 0) is 5.56 Å². The summed E-state index contributed by atoms with van der Waals surface area (Å²) >= 11 is 4.46. The zero-order valence-corrected chi connectivity index (χ0v) is 11.9. The fourth-order valence-corrected chi connectivity index (χ4v) is 3.88. The maximum atomic E-state index is 10.6. The van der Waals surface area contributed by atoms with Crippen molar-refractivity contribution < 1.29 is 4.79 Å². The fraction of sp³-hybridized carbons (Fsp3) is 0.182. The molecule has 0 radical (unpaired) electrons. The second-order valence-electron chi connectivity index (χ2n) is 3.36. The van der Waals surface area contributed by atoms with Crippen LogP contribution in [0.15, 0.2) is 39.0 Å². The number of hydrogen-bond donors (Lipinski definition) is 1. The summed E-state index contributed by atoms with van der Waals surface area (Å²) in [5, 5.41) is 8.07. The van der Waals surface area contributed by atoms with Crippen LogP contribution in [0.5, 0.6) is 0 Å². The third kappa shape index (κ3) is 4.32. The zero-order valence-electron chi connectivity index (χ0n) is 9.41. The van der Waals surface area contributed by atoms with Gasteiger partial charge in [-0.3, -0.25) is 4.79 Å². The Morgan fingerprint density at radius 3 is 2.50 bits per heavy atom. The molecule has 0 fully saturated rings. The molecule has 1 aromatic carbocycles. The number of hydrogen-bond acceptors (Lipinski definition) is 6. The molecule has 2 N–H and O–H groups in total. The molecule has 0 unspecified atom stereocenters. The Morgan fingerprint density at radius 2 is 1.83 bits per heavy atom. The predicted molar refractivity (Wildman–Crippen MR) is 75.8 cm³/mol. The van der Waals surface area contributed by atoms with Crippen LogP contribution in [0.1, 0.15) is 5.56 Å². The smallest absolute Gasteiger partial charge is 0.227 e. The van der Waals surface area contributed by atoms with E-state index >= 15 is 0 Å². The van der Waals surface area contributed by atoms with Crippen LogP contribution < -0.4 is 5.73 Å². The van der Waals surface area contributed by atoms with Crippen molar-refractivity contribution in [2.75, 3.05) is 5.75 Å². The molecule has 0 spiro atoms. The first kappa shape index (κ1) is 13.4. The highest BCUT2D eigenvalue weighted by atomic mass is 32.2. The van der Waals surface area contributed by atoms with Crippen LogP contribution in [-0.2, 0) is 10.5 Å². The highest BCUT2D eigenvalue weighted by Crippen LogP contribution is 2.30. The minimum Gasteiger partial charge on any atom is -0.369 e. The van der Waals surface area contributed by atoms with Crippen molar-refractivity contribution in [3.05, 3.63) is 35.9 Å². The van der Waals surface area contributed by atoms with E-state index in [0.29, 0.717) is 0 Å². The third-order valence-corrected chi connectivity index (χ3v) is 5.21. The Balaban J connectivity index is 1.85. The van der Waals surface area contributed by atoms with E-state index in [1.807, 2.05) is 18.2 Å². The van der Waals surface area contributed by atoms with Crippen LogP contribution >= 0.6 is 34.9 Å². The van der Waals surface area contributed by atoms with Gasteiger partial charge in [0.25, 0.3) is 0 Å². The molecule has 0 aliphatic carbocycles. The highest BCUT2D eigenvalue weighted by molar-refractivity contribution is 8.03. The quantitative estimate of drug-likeness (QED) is 0.829. The Morgan fingerprint density at radius 1 is 1.17 bits per heavy atom. The number of rotatable bonds is 6. The van der Waals surface area contributed by atoms with Gasteiger partial charge >= 0.3 is 0 Å². The molecule has 0 bridgehead atoms. The van der Waals surface area contributed by atoms with Gasteiger partial charge in [0, 0.05) is 5.75 Å². The minimum atomic E-state index is -0.339. The van der Waals surface area contributed by atoms with Crippen LogP contribution in [0.4, 0.5) is 0 Å². The number of nitrogens with zero attached hydrogens (tertiary/aromatic N) is 2. The van der Waals surface area contributed by atoms with E-state index in [9.17, 15) is 4.79 Å². The Kier molecular flexibility index (Phi) is 5.03. The molecule has 2 aromatic rings. The van der Waals surface area contributed by atoms with E-state index in [2.05, 4.69) is 22.3 Å². The lowest BCUT2D eigenvalue weighted by atomic mass is 10.2. The van der Waals surface area contributed by atoms with Gasteiger partial charge in [0.1, 0.15) is 0 Å². The molecular formula is C11H11N3OS3. The molecule has 94 valence electrons. The summed E-state index contributed by atoms with van der Waals surface area (Å²) in [6.45, 7) is 0. The van der Waals surface area contributed by atoms with Gasteiger partial charge in [0.05, 0.1) is 5.75 Å². The van der Waals surface area contributed by atoms with Crippen LogP contribution in [0.3, 0.4) is 0 Å². The van der Waals surface area contributed by atoms with Crippen LogP contribution in [-0.4, -0.2) is 21.9 Å². The number of benzene rings is 1. The van der Waals surface area contributed by atoms with E-state index in [4.69, 9.17) is 5.73 Å². The molecule has 1 heterocycles. The van der Waals surface area contributed by atoms with Gasteiger partial charge in [0.15, 0.2) is 8.68 Å². The molecule has 1 aromatic heterocycles. The lowest BCUT2D eigenvalue weighted by Crippen LogP contribution is -2.12. The first-order valence-corrected chi connectivity index (χ1v) is 7.94. The standard InChI is InChI=1S/C11H11N3OS3/c12-9(15)7-17-11-14-13-10(18-11)16-6-8-4-2-1-3-5-8/h1-5H,6-7H2,(H2,12,15). The molecule has 0 aliphatic heterocycles. The fourth-order valence-electron chi connectivity index (χ4n) is 1.17. The topological polar surface area (TPSA) is 68.9 Å². The molecule has 7 heteroatoms. The van der Waals surface area contributed by atoms with Crippen molar-refractivity contribution in [1.29, 1.82) is 0 Å². The van der Waals surface area contributed by atoms with E-state index in [1.165, 1.54) is 28.7 Å². The van der Waals surface area contributed by atoms with Crippen molar-refractivity contribution >= 4 is 40.8 Å². The van der Waals surface area contributed by atoms with E-state index in [1.54, 1.807) is 11.8 Å². The van der Waals surface area contributed by atoms with E-state index in [0.717, 1.165) is 14.4 Å². The van der Waals surface area contributed by atoms with Gasteiger partial charge in [0.2, 0.25) is 5.91 Å². The molecule has 0 saturated heterocycles. The Bertz CT molecular complexity index is 515. The van der Waals surface area contributed by atoms with Gasteiger partial charge in [-0.15, -0.1) is 10.2 Å². The summed E-state index contributed by atoms with van der Waals surface area (Å²) in [4.78, 5) is 10.6. The largest absolute Gasteiger partial charge is 0.369 e. The average molecular weight is 297 g/mol. The summed E-state index contributed by atoms with van der Waals surface area (Å²) in [6.07, 6.45) is 0. The first-order chi connectivity index (χ1) is 8.74. The normalized spacial score (nSPS) is 10.4. The summed E-state index contributed by atoms with van der Waals surface area (Å²) in [5.74, 6) is 0.780. The molecule has 0 aliphatic rings.